The van der Waals surface area contributed by atoms with Crippen molar-refractivity contribution in [3.05, 3.63) is 35.4 Å². The van der Waals surface area contributed by atoms with Crippen molar-refractivity contribution in [2.24, 2.45) is 0 Å². The summed E-state index contributed by atoms with van der Waals surface area (Å²) in [5.74, 6) is -0.942. The highest BCUT2D eigenvalue weighted by Crippen LogP contribution is 2.12. The van der Waals surface area contributed by atoms with Crippen molar-refractivity contribution >= 4 is 11.9 Å². The van der Waals surface area contributed by atoms with Crippen LogP contribution in [0.15, 0.2) is 24.3 Å². The lowest BCUT2D eigenvalue weighted by Crippen LogP contribution is -2.14. The molecule has 0 radical (unpaired) electrons. The van der Waals surface area contributed by atoms with E-state index in [9.17, 15) is 9.59 Å². The number of carbonyl (C=O) groups is 2. The second-order valence-corrected chi connectivity index (χ2v) is 4.52. The van der Waals surface area contributed by atoms with Crippen LogP contribution in [0, 0.1) is 0 Å². The SMILES string of the molecule is CCCCOC(=O)c1ccccc1C(=O)OCCCC.O.O.O. The lowest BCUT2D eigenvalue weighted by Gasteiger charge is -2.09. The average molecular weight is 332 g/mol. The summed E-state index contributed by atoms with van der Waals surface area (Å²) in [6.07, 6.45) is 3.53. The number of unbranched alkanes of at least 4 members (excludes halogenated alkanes) is 2. The lowest BCUT2D eigenvalue weighted by molar-refractivity contribution is 0.0452. The largest absolute Gasteiger partial charge is 0.462 e. The second-order valence-electron chi connectivity index (χ2n) is 4.52. The van der Waals surface area contributed by atoms with Crippen molar-refractivity contribution < 1.29 is 35.5 Å². The molecule has 0 spiro atoms. The molecule has 7 heteroatoms. The van der Waals surface area contributed by atoms with Crippen molar-refractivity contribution in [2.75, 3.05) is 13.2 Å². The maximum atomic E-state index is 11.9. The van der Waals surface area contributed by atoms with Gasteiger partial charge in [0.05, 0.1) is 24.3 Å². The van der Waals surface area contributed by atoms with Crippen molar-refractivity contribution in [2.45, 2.75) is 39.5 Å². The van der Waals surface area contributed by atoms with Crippen LogP contribution in [0.2, 0.25) is 0 Å². The molecule has 0 heterocycles. The fourth-order valence-electron chi connectivity index (χ4n) is 1.61. The monoisotopic (exact) mass is 332 g/mol. The van der Waals surface area contributed by atoms with Crippen molar-refractivity contribution in [1.29, 1.82) is 0 Å². The summed E-state index contributed by atoms with van der Waals surface area (Å²) >= 11 is 0. The van der Waals surface area contributed by atoms with Gasteiger partial charge in [0, 0.05) is 0 Å². The molecule has 0 bridgehead atoms. The normalized spacial score (nSPS) is 8.78. The van der Waals surface area contributed by atoms with E-state index in [-0.39, 0.29) is 27.6 Å². The number of carbonyl (C=O) groups excluding carboxylic acids is 2. The average Bonchev–Trinajstić information content (AvgIpc) is 2.47. The summed E-state index contributed by atoms with van der Waals surface area (Å²) in [5, 5.41) is 0. The zero-order valence-electron chi connectivity index (χ0n) is 13.7. The molecule has 0 aliphatic carbocycles. The van der Waals surface area contributed by atoms with Crippen molar-refractivity contribution in [3.63, 3.8) is 0 Å². The minimum Gasteiger partial charge on any atom is -0.462 e. The van der Waals surface area contributed by atoms with Crippen LogP contribution in [0.25, 0.3) is 0 Å². The maximum Gasteiger partial charge on any atom is 0.339 e. The summed E-state index contributed by atoms with van der Waals surface area (Å²) < 4.78 is 10.3. The number of hydrogen-bond acceptors (Lipinski definition) is 4. The van der Waals surface area contributed by atoms with Crippen LogP contribution >= 0.6 is 0 Å². The summed E-state index contributed by atoms with van der Waals surface area (Å²) in [6.45, 7) is 4.78. The Morgan fingerprint density at radius 1 is 0.783 bits per heavy atom. The maximum absolute atomic E-state index is 11.9. The highest BCUT2D eigenvalue weighted by molar-refractivity contribution is 6.03. The zero-order chi connectivity index (χ0) is 14.8. The van der Waals surface area contributed by atoms with Gasteiger partial charge in [0.2, 0.25) is 0 Å². The quantitative estimate of drug-likeness (QED) is 0.518. The molecule has 0 saturated carbocycles. The minimum atomic E-state index is -0.471. The highest BCUT2D eigenvalue weighted by Gasteiger charge is 2.18. The molecule has 0 unspecified atom stereocenters. The van der Waals surface area contributed by atoms with E-state index in [0.717, 1.165) is 25.7 Å². The van der Waals surface area contributed by atoms with E-state index in [1.54, 1.807) is 24.3 Å². The topological polar surface area (TPSA) is 147 Å². The molecule has 7 nitrogen and oxygen atoms in total. The molecule has 0 atom stereocenters. The second kappa shape index (κ2) is 15.0. The molecule has 0 aromatic heterocycles. The van der Waals surface area contributed by atoms with E-state index < -0.39 is 11.9 Å². The smallest absolute Gasteiger partial charge is 0.339 e. The Bertz CT molecular complexity index is 405. The third-order valence-electron chi connectivity index (χ3n) is 2.83. The Hall–Kier alpha value is -1.96. The van der Waals surface area contributed by atoms with E-state index in [4.69, 9.17) is 9.47 Å². The van der Waals surface area contributed by atoms with Gasteiger partial charge in [-0.25, -0.2) is 9.59 Å². The molecule has 0 aliphatic rings. The van der Waals surface area contributed by atoms with Gasteiger partial charge in [0.1, 0.15) is 0 Å². The fourth-order valence-corrected chi connectivity index (χ4v) is 1.61. The summed E-state index contributed by atoms with van der Waals surface area (Å²) in [6, 6.07) is 6.59. The molecule has 0 amide bonds. The van der Waals surface area contributed by atoms with Gasteiger partial charge in [-0.05, 0) is 25.0 Å². The Kier molecular flexibility index (Phi) is 16.9. The van der Waals surface area contributed by atoms with E-state index in [2.05, 4.69) is 0 Å². The first kappa shape index (κ1) is 26.0. The van der Waals surface area contributed by atoms with Crippen LogP contribution < -0.4 is 0 Å². The third-order valence-corrected chi connectivity index (χ3v) is 2.83. The van der Waals surface area contributed by atoms with Gasteiger partial charge in [-0.1, -0.05) is 38.8 Å². The van der Waals surface area contributed by atoms with E-state index in [0.29, 0.717) is 13.2 Å². The van der Waals surface area contributed by atoms with Gasteiger partial charge in [-0.15, -0.1) is 0 Å². The van der Waals surface area contributed by atoms with E-state index in [1.165, 1.54) is 0 Å². The predicted molar refractivity (Wildman–Crippen MR) is 87.7 cm³/mol. The van der Waals surface area contributed by atoms with Crippen LogP contribution in [0.4, 0.5) is 0 Å². The van der Waals surface area contributed by atoms with Gasteiger partial charge in [0.15, 0.2) is 0 Å². The Morgan fingerprint density at radius 2 is 1.13 bits per heavy atom. The Balaban J connectivity index is -0.00000133. The van der Waals surface area contributed by atoms with Crippen LogP contribution in [0.3, 0.4) is 0 Å². The number of ether oxygens (including phenoxy) is 2. The Labute approximate surface area is 136 Å². The summed E-state index contributed by atoms with van der Waals surface area (Å²) in [4.78, 5) is 23.9. The molecule has 0 saturated heterocycles. The highest BCUT2D eigenvalue weighted by atomic mass is 16.5. The number of benzene rings is 1. The van der Waals surface area contributed by atoms with E-state index >= 15 is 0 Å². The standard InChI is InChI=1S/C16H22O4.3H2O/c1-3-5-11-19-15(17)13-9-7-8-10-14(13)16(18)20-12-6-4-2;;;/h7-10H,3-6,11-12H2,1-2H3;3*1H2. The molecule has 23 heavy (non-hydrogen) atoms. The van der Waals surface area contributed by atoms with Crippen LogP contribution in [-0.4, -0.2) is 41.6 Å². The lowest BCUT2D eigenvalue weighted by atomic mass is 10.1. The number of rotatable bonds is 8. The number of esters is 2. The van der Waals surface area contributed by atoms with Crippen molar-refractivity contribution in [1.82, 2.24) is 0 Å². The molecule has 1 aromatic rings. The van der Waals surface area contributed by atoms with Crippen molar-refractivity contribution in [3.8, 4) is 0 Å². The van der Waals surface area contributed by atoms with Gasteiger partial charge in [0.25, 0.3) is 0 Å². The van der Waals surface area contributed by atoms with Crippen LogP contribution in [0.1, 0.15) is 60.2 Å². The van der Waals surface area contributed by atoms with E-state index in [1.807, 2.05) is 13.8 Å². The number of hydrogen-bond donors (Lipinski definition) is 0. The molecule has 6 N–H and O–H groups in total. The fraction of sp³-hybridized carbons (Fsp3) is 0.500. The zero-order valence-corrected chi connectivity index (χ0v) is 13.7. The molecule has 0 fully saturated rings. The first-order valence-corrected chi connectivity index (χ1v) is 7.14. The summed E-state index contributed by atoms with van der Waals surface area (Å²) in [5.41, 5.74) is 0.537. The third kappa shape index (κ3) is 8.92. The molecule has 1 rings (SSSR count). The van der Waals surface area contributed by atoms with Crippen LogP contribution in [-0.2, 0) is 9.47 Å². The van der Waals surface area contributed by atoms with Gasteiger partial charge >= 0.3 is 11.9 Å². The summed E-state index contributed by atoms with van der Waals surface area (Å²) in [7, 11) is 0. The molecule has 1 aromatic carbocycles. The van der Waals surface area contributed by atoms with Gasteiger partial charge in [-0.2, -0.15) is 0 Å². The molecule has 134 valence electrons. The predicted octanol–water partition coefficient (Wildman–Crippen LogP) is 1.13. The minimum absolute atomic E-state index is 0. The first-order chi connectivity index (χ1) is 9.70. The van der Waals surface area contributed by atoms with Crippen LogP contribution in [0.5, 0.6) is 0 Å². The van der Waals surface area contributed by atoms with Gasteiger partial charge < -0.3 is 25.9 Å². The Morgan fingerprint density at radius 3 is 1.43 bits per heavy atom. The van der Waals surface area contributed by atoms with Gasteiger partial charge in [-0.3, -0.25) is 0 Å². The molecular formula is C16H28O7. The molecular weight excluding hydrogens is 304 g/mol. The molecule has 0 aliphatic heterocycles. The first-order valence-electron chi connectivity index (χ1n) is 7.14.